The second-order valence-electron chi connectivity index (χ2n) is 4.26. The Morgan fingerprint density at radius 1 is 1.53 bits per heavy atom. The molecule has 2 amide bonds. The fraction of sp³-hybridized carbons (Fsp3) is 0.417. The van der Waals surface area contributed by atoms with Gasteiger partial charge in [0, 0.05) is 6.54 Å². The minimum atomic E-state index is -1.04. The molecule has 0 aromatic carbocycles. The van der Waals surface area contributed by atoms with Crippen molar-refractivity contribution in [3.8, 4) is 6.07 Å². The fourth-order valence-corrected chi connectivity index (χ4v) is 1.86. The van der Waals surface area contributed by atoms with E-state index in [4.69, 9.17) is 5.26 Å². The summed E-state index contributed by atoms with van der Waals surface area (Å²) in [6.07, 6.45) is 0.457. The molecule has 19 heavy (non-hydrogen) atoms. The molecule has 0 saturated carbocycles. The number of amides is 2. The van der Waals surface area contributed by atoms with E-state index in [1.165, 1.54) is 0 Å². The standard InChI is InChI=1S/C12H15N3O3S/c1-3-12(2,18)7-14-9(16)10(17)15-11-8(6-13)4-5-19-11/h4-5,18H,3,7H2,1-2H3,(H,14,16)(H,15,17)/t12-/m0/s1. The molecule has 1 rings (SSSR count). The van der Waals surface area contributed by atoms with Crippen LogP contribution in [-0.4, -0.2) is 29.1 Å². The number of thiophene rings is 1. The van der Waals surface area contributed by atoms with Gasteiger partial charge in [0.25, 0.3) is 0 Å². The Balaban J connectivity index is 2.55. The average Bonchev–Trinajstić information content (AvgIpc) is 2.83. The molecule has 0 unspecified atom stereocenters. The fourth-order valence-electron chi connectivity index (χ4n) is 1.13. The number of carbonyl (C=O) groups excluding carboxylic acids is 2. The van der Waals surface area contributed by atoms with E-state index in [0.717, 1.165) is 11.3 Å². The quantitative estimate of drug-likeness (QED) is 0.711. The molecule has 102 valence electrons. The SMILES string of the molecule is CC[C@](C)(O)CNC(=O)C(=O)Nc1sccc1C#N. The molecule has 0 aliphatic heterocycles. The van der Waals surface area contributed by atoms with Crippen LogP contribution in [0.3, 0.4) is 0 Å². The normalized spacial score (nSPS) is 13.2. The first kappa shape index (κ1) is 15.1. The molecular weight excluding hydrogens is 266 g/mol. The maximum atomic E-state index is 11.6. The van der Waals surface area contributed by atoms with Gasteiger partial charge < -0.3 is 15.7 Å². The molecule has 1 atom stereocenters. The summed E-state index contributed by atoms with van der Waals surface area (Å²) in [6, 6.07) is 3.46. The van der Waals surface area contributed by atoms with Gasteiger partial charge in [0.05, 0.1) is 11.2 Å². The number of hydrogen-bond donors (Lipinski definition) is 3. The lowest BCUT2D eigenvalue weighted by Gasteiger charge is -2.21. The number of aliphatic hydroxyl groups is 1. The lowest BCUT2D eigenvalue weighted by molar-refractivity contribution is -0.136. The zero-order valence-corrected chi connectivity index (χ0v) is 11.5. The Morgan fingerprint density at radius 3 is 2.79 bits per heavy atom. The van der Waals surface area contributed by atoms with E-state index in [1.54, 1.807) is 25.3 Å². The molecule has 1 aromatic rings. The Labute approximate surface area is 115 Å². The molecule has 0 aliphatic rings. The molecule has 0 bridgehead atoms. The lowest BCUT2D eigenvalue weighted by atomic mass is 10.0. The highest BCUT2D eigenvalue weighted by molar-refractivity contribution is 7.14. The van der Waals surface area contributed by atoms with Crippen LogP contribution in [-0.2, 0) is 9.59 Å². The van der Waals surface area contributed by atoms with E-state index in [-0.39, 0.29) is 6.54 Å². The minimum Gasteiger partial charge on any atom is -0.388 e. The van der Waals surface area contributed by atoms with Crippen molar-refractivity contribution in [3.05, 3.63) is 17.0 Å². The number of nitriles is 1. The predicted octanol–water partition coefficient (Wildman–Crippen LogP) is 0.835. The van der Waals surface area contributed by atoms with Crippen LogP contribution < -0.4 is 10.6 Å². The van der Waals surface area contributed by atoms with E-state index in [2.05, 4.69) is 10.6 Å². The van der Waals surface area contributed by atoms with Crippen LogP contribution >= 0.6 is 11.3 Å². The van der Waals surface area contributed by atoms with Crippen molar-refractivity contribution in [2.45, 2.75) is 25.9 Å². The monoisotopic (exact) mass is 281 g/mol. The third-order valence-electron chi connectivity index (χ3n) is 2.61. The van der Waals surface area contributed by atoms with Crippen LogP contribution in [0.5, 0.6) is 0 Å². The zero-order valence-electron chi connectivity index (χ0n) is 10.7. The highest BCUT2D eigenvalue weighted by atomic mass is 32.1. The van der Waals surface area contributed by atoms with Crippen molar-refractivity contribution in [2.75, 3.05) is 11.9 Å². The molecule has 1 heterocycles. The van der Waals surface area contributed by atoms with Crippen LogP contribution in [0, 0.1) is 11.3 Å². The summed E-state index contributed by atoms with van der Waals surface area (Å²) in [4.78, 5) is 23.1. The molecular formula is C12H15N3O3S. The number of nitrogens with zero attached hydrogens (tertiary/aromatic N) is 1. The lowest BCUT2D eigenvalue weighted by Crippen LogP contribution is -2.44. The van der Waals surface area contributed by atoms with Gasteiger partial charge in [0.2, 0.25) is 0 Å². The van der Waals surface area contributed by atoms with Crippen LogP contribution in [0.2, 0.25) is 0 Å². The molecule has 1 aromatic heterocycles. The summed E-state index contributed by atoms with van der Waals surface area (Å²) in [5.74, 6) is -1.70. The molecule has 3 N–H and O–H groups in total. The van der Waals surface area contributed by atoms with Gasteiger partial charge in [-0.3, -0.25) is 9.59 Å². The Morgan fingerprint density at radius 2 is 2.21 bits per heavy atom. The zero-order chi connectivity index (χ0) is 14.5. The predicted molar refractivity (Wildman–Crippen MR) is 71.6 cm³/mol. The molecule has 0 aliphatic carbocycles. The third-order valence-corrected chi connectivity index (χ3v) is 3.44. The van der Waals surface area contributed by atoms with Crippen molar-refractivity contribution >= 4 is 28.2 Å². The van der Waals surface area contributed by atoms with Gasteiger partial charge in [-0.15, -0.1) is 11.3 Å². The second-order valence-corrected chi connectivity index (χ2v) is 5.18. The van der Waals surface area contributed by atoms with E-state index in [0.29, 0.717) is 17.0 Å². The summed E-state index contributed by atoms with van der Waals surface area (Å²) in [7, 11) is 0. The number of hydrogen-bond acceptors (Lipinski definition) is 5. The number of carbonyl (C=O) groups is 2. The van der Waals surface area contributed by atoms with Gasteiger partial charge in [-0.1, -0.05) is 6.92 Å². The number of anilines is 1. The summed E-state index contributed by atoms with van der Waals surface area (Å²) in [5.41, 5.74) is -0.733. The third kappa shape index (κ3) is 4.35. The van der Waals surface area contributed by atoms with Crippen molar-refractivity contribution in [3.63, 3.8) is 0 Å². The van der Waals surface area contributed by atoms with E-state index < -0.39 is 17.4 Å². The van der Waals surface area contributed by atoms with E-state index in [9.17, 15) is 14.7 Å². The van der Waals surface area contributed by atoms with Crippen LogP contribution in [0.4, 0.5) is 5.00 Å². The van der Waals surface area contributed by atoms with Gasteiger partial charge in [0.1, 0.15) is 11.1 Å². The molecule has 6 nitrogen and oxygen atoms in total. The Hall–Kier alpha value is -1.91. The topological polar surface area (TPSA) is 102 Å². The van der Waals surface area contributed by atoms with Gasteiger partial charge in [-0.25, -0.2) is 0 Å². The number of rotatable bonds is 4. The summed E-state index contributed by atoms with van der Waals surface area (Å²) < 4.78 is 0. The van der Waals surface area contributed by atoms with Gasteiger partial charge >= 0.3 is 11.8 Å². The van der Waals surface area contributed by atoms with Gasteiger partial charge in [-0.05, 0) is 24.8 Å². The van der Waals surface area contributed by atoms with Crippen molar-refractivity contribution in [2.24, 2.45) is 0 Å². The maximum Gasteiger partial charge on any atom is 0.314 e. The summed E-state index contributed by atoms with van der Waals surface area (Å²) in [6.45, 7) is 3.33. The van der Waals surface area contributed by atoms with E-state index in [1.807, 2.05) is 6.07 Å². The largest absolute Gasteiger partial charge is 0.388 e. The van der Waals surface area contributed by atoms with Crippen molar-refractivity contribution < 1.29 is 14.7 Å². The van der Waals surface area contributed by atoms with Crippen LogP contribution in [0.1, 0.15) is 25.8 Å². The first-order valence-corrected chi connectivity index (χ1v) is 6.56. The van der Waals surface area contributed by atoms with Gasteiger partial charge in [-0.2, -0.15) is 5.26 Å². The highest BCUT2D eigenvalue weighted by Crippen LogP contribution is 2.21. The average molecular weight is 281 g/mol. The van der Waals surface area contributed by atoms with E-state index >= 15 is 0 Å². The van der Waals surface area contributed by atoms with Crippen molar-refractivity contribution in [1.82, 2.24) is 5.32 Å². The summed E-state index contributed by atoms with van der Waals surface area (Å²) >= 11 is 1.16. The van der Waals surface area contributed by atoms with Gasteiger partial charge in [0.15, 0.2) is 0 Å². The maximum absolute atomic E-state index is 11.6. The summed E-state index contributed by atoms with van der Waals surface area (Å²) in [5, 5.41) is 25.2. The molecule has 0 saturated heterocycles. The highest BCUT2D eigenvalue weighted by Gasteiger charge is 2.22. The van der Waals surface area contributed by atoms with Crippen LogP contribution in [0.25, 0.3) is 0 Å². The molecule has 0 radical (unpaired) electrons. The van der Waals surface area contributed by atoms with Crippen molar-refractivity contribution in [1.29, 1.82) is 5.26 Å². The molecule has 7 heteroatoms. The Kier molecular flexibility index (Phi) is 5.03. The smallest absolute Gasteiger partial charge is 0.314 e. The first-order valence-electron chi connectivity index (χ1n) is 5.69. The second kappa shape index (κ2) is 6.31. The molecule has 0 fully saturated rings. The Bertz CT molecular complexity index is 517. The first-order chi connectivity index (χ1) is 8.89. The van der Waals surface area contributed by atoms with Crippen LogP contribution in [0.15, 0.2) is 11.4 Å². The molecule has 0 spiro atoms. The number of nitrogens with one attached hydrogen (secondary N) is 2. The minimum absolute atomic E-state index is 0.00863.